The van der Waals surface area contributed by atoms with Crippen molar-refractivity contribution in [3.8, 4) is 0 Å². The van der Waals surface area contributed by atoms with Gasteiger partial charge in [0.25, 0.3) is 0 Å². The van der Waals surface area contributed by atoms with Gasteiger partial charge in [-0.25, -0.2) is 14.0 Å². The Morgan fingerprint density at radius 2 is 2.04 bits per heavy atom. The van der Waals surface area contributed by atoms with E-state index in [-0.39, 0.29) is 13.2 Å². The van der Waals surface area contributed by atoms with Gasteiger partial charge in [-0.15, -0.1) is 0 Å². The summed E-state index contributed by atoms with van der Waals surface area (Å²) in [5.41, 5.74) is 0.193. The Kier molecular flexibility index (Phi) is 6.48. The van der Waals surface area contributed by atoms with Gasteiger partial charge in [0, 0.05) is 6.20 Å². The zero-order chi connectivity index (χ0) is 17.4. The number of amides is 1. The van der Waals surface area contributed by atoms with Crippen LogP contribution >= 0.6 is 0 Å². The normalized spacial score (nSPS) is 10.4. The minimum absolute atomic E-state index is 0.200. The number of nitrogens with one attached hydrogen (secondary N) is 1. The number of carbonyl (C=O) groups is 1. The van der Waals surface area contributed by atoms with E-state index in [4.69, 9.17) is 4.74 Å². The van der Waals surface area contributed by atoms with Crippen LogP contribution in [0.15, 0.2) is 41.3 Å². The quantitative estimate of drug-likeness (QED) is 0.790. The zero-order valence-corrected chi connectivity index (χ0v) is 13.5. The Labute approximate surface area is 139 Å². The highest BCUT2D eigenvalue weighted by Gasteiger charge is 2.12. The summed E-state index contributed by atoms with van der Waals surface area (Å²) in [5.74, 6) is -1.22. The van der Waals surface area contributed by atoms with E-state index in [0.717, 1.165) is 35.6 Å². The van der Waals surface area contributed by atoms with Crippen molar-refractivity contribution in [3.63, 3.8) is 0 Å². The van der Waals surface area contributed by atoms with E-state index in [1.165, 1.54) is 0 Å². The summed E-state index contributed by atoms with van der Waals surface area (Å²) in [6.45, 7) is 2.47. The monoisotopic (exact) mass is 333 g/mol. The number of carbonyl (C=O) groups excluding carboxylic acids is 1. The highest BCUT2D eigenvalue weighted by atomic mass is 19.1. The van der Waals surface area contributed by atoms with E-state index < -0.39 is 23.4 Å². The van der Waals surface area contributed by atoms with Crippen molar-refractivity contribution in [2.45, 2.75) is 32.7 Å². The molecule has 2 rings (SSSR count). The molecule has 1 aromatic heterocycles. The summed E-state index contributed by atoms with van der Waals surface area (Å²) >= 11 is 0. The lowest BCUT2D eigenvalue weighted by atomic mass is 10.2. The molecular formula is C17H20FN3O3. The third kappa shape index (κ3) is 5.19. The van der Waals surface area contributed by atoms with Crippen LogP contribution in [0, 0.1) is 5.82 Å². The van der Waals surface area contributed by atoms with Gasteiger partial charge in [0.15, 0.2) is 11.6 Å². The molecule has 0 atom stereocenters. The van der Waals surface area contributed by atoms with Crippen molar-refractivity contribution < 1.29 is 13.9 Å². The third-order valence-electron chi connectivity index (χ3n) is 3.35. The highest BCUT2D eigenvalue weighted by Crippen LogP contribution is 2.09. The van der Waals surface area contributed by atoms with Crippen molar-refractivity contribution in [2.24, 2.45) is 0 Å². The molecule has 0 spiro atoms. The molecule has 1 amide bonds. The summed E-state index contributed by atoms with van der Waals surface area (Å²) in [7, 11) is 0. The number of benzene rings is 1. The second kappa shape index (κ2) is 8.81. The van der Waals surface area contributed by atoms with Gasteiger partial charge in [-0.3, -0.25) is 9.88 Å². The fraction of sp³-hybridized carbons (Fsp3) is 0.353. The van der Waals surface area contributed by atoms with Crippen LogP contribution in [0.1, 0.15) is 31.7 Å². The first-order valence-corrected chi connectivity index (χ1v) is 7.85. The molecular weight excluding hydrogens is 313 g/mol. The van der Waals surface area contributed by atoms with E-state index in [0.29, 0.717) is 0 Å². The predicted molar refractivity (Wildman–Crippen MR) is 88.5 cm³/mol. The van der Waals surface area contributed by atoms with E-state index >= 15 is 0 Å². The second-order valence-corrected chi connectivity index (χ2v) is 5.30. The van der Waals surface area contributed by atoms with Crippen LogP contribution < -0.4 is 11.0 Å². The van der Waals surface area contributed by atoms with Crippen molar-refractivity contribution >= 4 is 11.9 Å². The number of halogens is 1. The number of ether oxygens (including phenoxy) is 1. The standard InChI is InChI=1S/C17H20FN3O3/c1-2-3-7-10-24-17(23)20-15-14(18)12-21(16(22)19-15)11-13-8-5-4-6-9-13/h4-6,8-9,12H,2-3,7,10-11H2,1H3,(H,19,20,22,23). The van der Waals surface area contributed by atoms with Gasteiger partial charge in [-0.1, -0.05) is 50.1 Å². The Bertz CT molecular complexity index is 732. The van der Waals surface area contributed by atoms with Gasteiger partial charge in [-0.05, 0) is 12.0 Å². The van der Waals surface area contributed by atoms with Gasteiger partial charge in [0.05, 0.1) is 13.2 Å². The van der Waals surface area contributed by atoms with Gasteiger partial charge in [-0.2, -0.15) is 4.98 Å². The fourth-order valence-electron chi connectivity index (χ4n) is 2.10. The lowest BCUT2D eigenvalue weighted by Gasteiger charge is -2.09. The van der Waals surface area contributed by atoms with Crippen molar-refractivity contribution in [1.29, 1.82) is 0 Å². The largest absolute Gasteiger partial charge is 0.449 e. The summed E-state index contributed by atoms with van der Waals surface area (Å²) in [4.78, 5) is 27.1. The molecule has 0 aliphatic rings. The Hall–Kier alpha value is -2.70. The van der Waals surface area contributed by atoms with E-state index in [9.17, 15) is 14.0 Å². The molecule has 0 unspecified atom stereocenters. The molecule has 7 heteroatoms. The fourth-order valence-corrected chi connectivity index (χ4v) is 2.10. The molecule has 6 nitrogen and oxygen atoms in total. The topological polar surface area (TPSA) is 73.2 Å². The maximum Gasteiger partial charge on any atom is 0.412 e. The zero-order valence-electron chi connectivity index (χ0n) is 13.5. The number of rotatable bonds is 7. The van der Waals surface area contributed by atoms with Crippen LogP contribution in [-0.2, 0) is 11.3 Å². The molecule has 1 aromatic carbocycles. The minimum Gasteiger partial charge on any atom is -0.449 e. The first kappa shape index (κ1) is 17.7. The van der Waals surface area contributed by atoms with Gasteiger partial charge in [0.2, 0.25) is 0 Å². The lowest BCUT2D eigenvalue weighted by Crippen LogP contribution is -2.27. The number of aromatic nitrogens is 2. The van der Waals surface area contributed by atoms with E-state index in [1.54, 1.807) is 0 Å². The number of nitrogens with zero attached hydrogens (tertiary/aromatic N) is 2. The molecule has 2 aromatic rings. The number of anilines is 1. The summed E-state index contributed by atoms with van der Waals surface area (Å²) < 4.78 is 20.1. The molecule has 0 aliphatic carbocycles. The van der Waals surface area contributed by atoms with Crippen LogP contribution in [-0.4, -0.2) is 22.3 Å². The SMILES string of the molecule is CCCCCOC(=O)Nc1nc(=O)n(Cc2ccccc2)cc1F. The summed E-state index contributed by atoms with van der Waals surface area (Å²) in [5, 5.41) is 2.16. The summed E-state index contributed by atoms with van der Waals surface area (Å²) in [6, 6.07) is 9.15. The van der Waals surface area contributed by atoms with Crippen molar-refractivity contribution in [2.75, 3.05) is 11.9 Å². The molecule has 0 fully saturated rings. The van der Waals surface area contributed by atoms with E-state index in [2.05, 4.69) is 10.3 Å². The Morgan fingerprint density at radius 3 is 2.75 bits per heavy atom. The van der Waals surface area contributed by atoms with Crippen molar-refractivity contribution in [1.82, 2.24) is 9.55 Å². The van der Waals surface area contributed by atoms with Gasteiger partial charge in [0.1, 0.15) is 0 Å². The van der Waals surface area contributed by atoms with Crippen LogP contribution in [0.4, 0.5) is 15.0 Å². The molecule has 0 saturated carbocycles. The molecule has 128 valence electrons. The number of hydrogen-bond donors (Lipinski definition) is 1. The lowest BCUT2D eigenvalue weighted by molar-refractivity contribution is 0.159. The summed E-state index contributed by atoms with van der Waals surface area (Å²) in [6.07, 6.45) is 2.88. The first-order chi connectivity index (χ1) is 11.6. The van der Waals surface area contributed by atoms with Gasteiger partial charge >= 0.3 is 11.8 Å². The van der Waals surface area contributed by atoms with Crippen LogP contribution in [0.2, 0.25) is 0 Å². The second-order valence-electron chi connectivity index (χ2n) is 5.30. The Balaban J connectivity index is 2.01. The molecule has 1 heterocycles. The molecule has 0 saturated heterocycles. The molecule has 1 N–H and O–H groups in total. The van der Waals surface area contributed by atoms with Gasteiger partial charge < -0.3 is 4.74 Å². The maximum absolute atomic E-state index is 14.0. The minimum atomic E-state index is -0.822. The smallest absolute Gasteiger partial charge is 0.412 e. The Morgan fingerprint density at radius 1 is 1.29 bits per heavy atom. The van der Waals surface area contributed by atoms with Crippen molar-refractivity contribution in [3.05, 3.63) is 58.4 Å². The average Bonchev–Trinajstić information content (AvgIpc) is 2.57. The van der Waals surface area contributed by atoms with Crippen LogP contribution in [0.25, 0.3) is 0 Å². The highest BCUT2D eigenvalue weighted by molar-refractivity contribution is 5.83. The van der Waals surface area contributed by atoms with Crippen LogP contribution in [0.3, 0.4) is 0 Å². The predicted octanol–water partition coefficient (Wildman–Crippen LogP) is 3.17. The average molecular weight is 333 g/mol. The molecule has 0 bridgehead atoms. The number of hydrogen-bond acceptors (Lipinski definition) is 4. The maximum atomic E-state index is 14.0. The molecule has 24 heavy (non-hydrogen) atoms. The number of unbranched alkanes of at least 4 members (excludes halogenated alkanes) is 2. The van der Waals surface area contributed by atoms with Crippen LogP contribution in [0.5, 0.6) is 0 Å². The molecule has 0 aliphatic heterocycles. The molecule has 0 radical (unpaired) electrons. The first-order valence-electron chi connectivity index (χ1n) is 7.85. The third-order valence-corrected chi connectivity index (χ3v) is 3.35. The van der Waals surface area contributed by atoms with E-state index in [1.807, 2.05) is 37.3 Å².